The average Bonchev–Trinajstić information content (AvgIpc) is 3.26. The first-order chi connectivity index (χ1) is 14.9. The fourth-order valence-corrected chi connectivity index (χ4v) is 4.38. The molecule has 0 spiro atoms. The molecule has 4 rings (SSSR count). The van der Waals surface area contributed by atoms with E-state index in [-0.39, 0.29) is 16.5 Å². The maximum absolute atomic E-state index is 13.2. The lowest BCUT2D eigenvalue weighted by molar-refractivity contribution is -0.144. The van der Waals surface area contributed by atoms with Crippen LogP contribution >= 0.6 is 11.6 Å². The number of fused-ring (bicyclic) bond motifs is 2. The lowest BCUT2D eigenvalue weighted by Crippen LogP contribution is -2.21. The molecule has 0 aliphatic rings. The number of aryl methyl sites for hydroxylation is 1. The van der Waals surface area contributed by atoms with Gasteiger partial charge in [0.2, 0.25) is 0 Å². The second kappa shape index (κ2) is 8.16. The summed E-state index contributed by atoms with van der Waals surface area (Å²) < 4.78 is 48.3. The molecule has 0 aliphatic carbocycles. The van der Waals surface area contributed by atoms with Crippen LogP contribution in [0.4, 0.5) is 13.2 Å². The number of alkyl halides is 3. The summed E-state index contributed by atoms with van der Waals surface area (Å²) in [6.07, 6.45) is -4.67. The zero-order valence-electron chi connectivity index (χ0n) is 18.2. The molecule has 4 aromatic rings. The molecule has 0 aliphatic heterocycles. The Balaban J connectivity index is 1.83. The van der Waals surface area contributed by atoms with Crippen molar-refractivity contribution in [3.8, 4) is 5.82 Å². The highest BCUT2D eigenvalue weighted by Crippen LogP contribution is 2.30. The number of nitrogens with zero attached hydrogens (tertiary/aromatic N) is 5. The predicted molar refractivity (Wildman–Crippen MR) is 120 cm³/mol. The van der Waals surface area contributed by atoms with Gasteiger partial charge in [-0.2, -0.15) is 22.8 Å². The number of pyridine rings is 1. The van der Waals surface area contributed by atoms with E-state index in [2.05, 4.69) is 29.7 Å². The first-order valence-corrected chi connectivity index (χ1v) is 14.2. The summed E-state index contributed by atoms with van der Waals surface area (Å²) in [6.45, 7) is 9.69. The predicted octanol–water partition coefficient (Wildman–Crippen LogP) is 5.90. The zero-order valence-corrected chi connectivity index (χ0v) is 19.9. The van der Waals surface area contributed by atoms with E-state index in [4.69, 9.17) is 21.4 Å². The van der Waals surface area contributed by atoms with Crippen molar-refractivity contribution < 1.29 is 17.9 Å². The van der Waals surface area contributed by atoms with Crippen LogP contribution in [-0.2, 0) is 17.5 Å². The first-order valence-electron chi connectivity index (χ1n) is 10.1. The molecule has 6 nitrogen and oxygen atoms in total. The number of ether oxygens (including phenoxy) is 1. The molecule has 0 N–H and O–H groups in total. The first kappa shape index (κ1) is 22.7. The highest BCUT2D eigenvalue weighted by atomic mass is 35.5. The van der Waals surface area contributed by atoms with Crippen LogP contribution in [0.1, 0.15) is 17.1 Å². The summed E-state index contributed by atoms with van der Waals surface area (Å²) in [5, 5.41) is 9.47. The van der Waals surface area contributed by atoms with Gasteiger partial charge in [0.1, 0.15) is 0 Å². The highest BCUT2D eigenvalue weighted by Gasteiger charge is 2.36. The third kappa shape index (κ3) is 4.53. The molecule has 0 unspecified atom stereocenters. The molecule has 0 amide bonds. The smallest absolute Gasteiger partial charge is 0.375 e. The monoisotopic (exact) mass is 481 g/mol. The molecular weight excluding hydrogens is 459 g/mol. The van der Waals surface area contributed by atoms with Gasteiger partial charge in [-0.15, -0.1) is 5.10 Å². The Labute approximate surface area is 189 Å². The molecule has 0 fully saturated rings. The standard InChI is InChI=1S/C21H23ClF3N5OSi/c1-13-6-5-7-15-16(12-31-8-9-32(2,3)4)27-30(19(13)15)18-11-14(22)10-17-26-20(21(23,24)25)28-29(17)18/h5-7,10-11H,8-9,12H2,1-4H3. The maximum Gasteiger partial charge on any atom is 0.453 e. The van der Waals surface area contributed by atoms with Crippen molar-refractivity contribution in [2.45, 2.75) is 45.4 Å². The molecule has 0 saturated heterocycles. The third-order valence-corrected chi connectivity index (χ3v) is 6.99. The van der Waals surface area contributed by atoms with E-state index in [9.17, 15) is 13.2 Å². The summed E-state index contributed by atoms with van der Waals surface area (Å²) in [5.41, 5.74) is 2.35. The summed E-state index contributed by atoms with van der Waals surface area (Å²) in [6, 6.07) is 9.65. The number of aromatic nitrogens is 5. The lowest BCUT2D eigenvalue weighted by atomic mass is 10.1. The van der Waals surface area contributed by atoms with Gasteiger partial charge in [0, 0.05) is 37.2 Å². The fourth-order valence-electron chi connectivity index (χ4n) is 3.42. The molecule has 0 bridgehead atoms. The second-order valence-corrected chi connectivity index (χ2v) is 15.0. The molecule has 32 heavy (non-hydrogen) atoms. The molecule has 11 heteroatoms. The molecule has 1 aromatic carbocycles. The minimum absolute atomic E-state index is 0.00926. The molecular formula is C21H23ClF3N5OSi. The van der Waals surface area contributed by atoms with E-state index in [1.807, 2.05) is 25.1 Å². The molecule has 0 saturated carbocycles. The van der Waals surface area contributed by atoms with E-state index in [0.717, 1.165) is 27.0 Å². The largest absolute Gasteiger partial charge is 0.453 e. The Bertz CT molecular complexity index is 1290. The van der Waals surface area contributed by atoms with E-state index < -0.39 is 20.1 Å². The molecule has 3 aromatic heterocycles. The fraction of sp³-hybridized carbons (Fsp3) is 0.381. The number of halogens is 4. The van der Waals surface area contributed by atoms with Gasteiger partial charge in [-0.25, -0.2) is 9.67 Å². The molecule has 0 atom stereocenters. The zero-order chi connectivity index (χ0) is 23.3. The Hall–Kier alpha value is -2.43. The van der Waals surface area contributed by atoms with Crippen molar-refractivity contribution in [3.63, 3.8) is 0 Å². The van der Waals surface area contributed by atoms with Crippen molar-refractivity contribution in [2.24, 2.45) is 0 Å². The maximum atomic E-state index is 13.2. The van der Waals surface area contributed by atoms with Gasteiger partial charge < -0.3 is 4.74 Å². The number of rotatable bonds is 6. The Morgan fingerprint density at radius 3 is 2.56 bits per heavy atom. The molecule has 170 valence electrons. The summed E-state index contributed by atoms with van der Waals surface area (Å²) >= 11 is 6.22. The van der Waals surface area contributed by atoms with Crippen molar-refractivity contribution in [1.82, 2.24) is 24.4 Å². The number of hydrogen-bond donors (Lipinski definition) is 0. The average molecular weight is 482 g/mol. The number of hydrogen-bond acceptors (Lipinski definition) is 4. The van der Waals surface area contributed by atoms with Crippen LogP contribution in [0.3, 0.4) is 0 Å². The van der Waals surface area contributed by atoms with Crippen LogP contribution in [0.2, 0.25) is 30.7 Å². The van der Waals surface area contributed by atoms with Crippen LogP contribution < -0.4 is 0 Å². The van der Waals surface area contributed by atoms with Crippen molar-refractivity contribution >= 4 is 36.2 Å². The van der Waals surface area contributed by atoms with Gasteiger partial charge in [-0.1, -0.05) is 49.4 Å². The van der Waals surface area contributed by atoms with Crippen molar-refractivity contribution in [3.05, 3.63) is 52.4 Å². The van der Waals surface area contributed by atoms with E-state index in [1.165, 1.54) is 12.1 Å². The van der Waals surface area contributed by atoms with Crippen LogP contribution in [0.15, 0.2) is 30.3 Å². The van der Waals surface area contributed by atoms with Crippen molar-refractivity contribution in [1.29, 1.82) is 0 Å². The summed E-state index contributed by atoms with van der Waals surface area (Å²) in [5.74, 6) is -0.966. The molecule has 3 heterocycles. The second-order valence-electron chi connectivity index (χ2n) is 8.93. The van der Waals surface area contributed by atoms with Gasteiger partial charge >= 0.3 is 6.18 Å². The van der Waals surface area contributed by atoms with Crippen molar-refractivity contribution in [2.75, 3.05) is 6.61 Å². The van der Waals surface area contributed by atoms with E-state index in [0.29, 0.717) is 18.9 Å². The highest BCUT2D eigenvalue weighted by molar-refractivity contribution is 6.76. The van der Waals surface area contributed by atoms with Gasteiger partial charge in [-0.3, -0.25) is 0 Å². The van der Waals surface area contributed by atoms with E-state index >= 15 is 0 Å². The normalized spacial score (nSPS) is 12.9. The number of benzene rings is 1. The van der Waals surface area contributed by atoms with Crippen LogP contribution in [0, 0.1) is 6.92 Å². The summed E-state index contributed by atoms with van der Waals surface area (Å²) in [7, 11) is -1.23. The van der Waals surface area contributed by atoms with Gasteiger partial charge in [0.25, 0.3) is 5.82 Å². The summed E-state index contributed by atoms with van der Waals surface area (Å²) in [4.78, 5) is 3.60. The van der Waals surface area contributed by atoms with Gasteiger partial charge in [0.05, 0.1) is 17.8 Å². The topological polar surface area (TPSA) is 57.2 Å². The van der Waals surface area contributed by atoms with E-state index in [1.54, 1.807) is 4.68 Å². The van der Waals surface area contributed by atoms with Crippen LogP contribution in [-0.4, -0.2) is 39.1 Å². The number of para-hydroxylation sites is 1. The third-order valence-electron chi connectivity index (χ3n) is 5.07. The Morgan fingerprint density at radius 1 is 1.12 bits per heavy atom. The van der Waals surface area contributed by atoms with Crippen LogP contribution in [0.5, 0.6) is 0 Å². The lowest BCUT2D eigenvalue weighted by Gasteiger charge is -2.14. The van der Waals surface area contributed by atoms with Crippen LogP contribution in [0.25, 0.3) is 22.4 Å². The van der Waals surface area contributed by atoms with Gasteiger partial charge in [0.15, 0.2) is 11.5 Å². The Morgan fingerprint density at radius 2 is 1.88 bits per heavy atom. The van der Waals surface area contributed by atoms with Gasteiger partial charge in [-0.05, 0) is 18.5 Å². The quantitative estimate of drug-likeness (QED) is 0.254. The minimum atomic E-state index is -4.67. The Kier molecular flexibility index (Phi) is 5.80. The SMILES string of the molecule is Cc1cccc2c(COCC[Si](C)(C)C)nn(-c3cc(Cl)cc4nc(C(F)(F)F)nn34)c12. The minimum Gasteiger partial charge on any atom is -0.375 e. The molecule has 0 radical (unpaired) electrons.